The molecule has 1 heterocycles. The van der Waals surface area contributed by atoms with E-state index in [-0.39, 0.29) is 0 Å². The van der Waals surface area contributed by atoms with Crippen molar-refractivity contribution in [3.05, 3.63) is 0 Å². The fourth-order valence-corrected chi connectivity index (χ4v) is 2.26. The van der Waals surface area contributed by atoms with Crippen molar-refractivity contribution in [3.8, 4) is 6.07 Å². The lowest BCUT2D eigenvalue weighted by Gasteiger charge is -2.33. The molecule has 0 radical (unpaired) electrons. The van der Waals surface area contributed by atoms with Crippen LogP contribution in [0.25, 0.3) is 0 Å². The molecule has 4 nitrogen and oxygen atoms in total. The van der Waals surface area contributed by atoms with Crippen LogP contribution in [0.15, 0.2) is 0 Å². The van der Waals surface area contributed by atoms with E-state index in [0.29, 0.717) is 13.1 Å². The van der Waals surface area contributed by atoms with E-state index in [1.807, 2.05) is 0 Å². The molecule has 0 amide bonds. The van der Waals surface area contributed by atoms with Crippen LogP contribution in [-0.4, -0.2) is 68.3 Å². The van der Waals surface area contributed by atoms with E-state index < -0.39 is 12.7 Å². The molecule has 0 aromatic heterocycles. The van der Waals surface area contributed by atoms with E-state index in [1.54, 1.807) is 0 Å². The third-order valence-corrected chi connectivity index (χ3v) is 3.41. The van der Waals surface area contributed by atoms with E-state index in [9.17, 15) is 13.2 Å². The van der Waals surface area contributed by atoms with Gasteiger partial charge in [-0.25, -0.2) is 0 Å². The molecule has 116 valence electrons. The summed E-state index contributed by atoms with van der Waals surface area (Å²) in [7, 11) is 0. The zero-order valence-corrected chi connectivity index (χ0v) is 11.8. The van der Waals surface area contributed by atoms with Gasteiger partial charge in [-0.1, -0.05) is 6.42 Å². The number of nitriles is 1. The molecule has 1 N–H and O–H groups in total. The van der Waals surface area contributed by atoms with Crippen LogP contribution in [0.1, 0.15) is 19.3 Å². The summed E-state index contributed by atoms with van der Waals surface area (Å²) in [5.74, 6) is 0. The van der Waals surface area contributed by atoms with E-state index in [2.05, 4.69) is 21.2 Å². The number of nitrogens with one attached hydrogen (secondary N) is 1. The summed E-state index contributed by atoms with van der Waals surface area (Å²) in [6.07, 6.45) is -1.36. The summed E-state index contributed by atoms with van der Waals surface area (Å²) in [6, 6.07) is 2.16. The summed E-state index contributed by atoms with van der Waals surface area (Å²) < 4.78 is 35.6. The van der Waals surface area contributed by atoms with Gasteiger partial charge in [0.1, 0.15) is 0 Å². The minimum atomic E-state index is -4.11. The first-order valence-electron chi connectivity index (χ1n) is 7.10. The van der Waals surface area contributed by atoms with Crippen molar-refractivity contribution >= 4 is 0 Å². The van der Waals surface area contributed by atoms with Gasteiger partial charge in [-0.3, -0.25) is 4.90 Å². The zero-order chi connectivity index (χ0) is 14.8. The molecule has 0 spiro atoms. The van der Waals surface area contributed by atoms with Crippen molar-refractivity contribution in [2.45, 2.75) is 25.4 Å². The average Bonchev–Trinajstić information content (AvgIpc) is 2.38. The molecular weight excluding hydrogens is 269 g/mol. The Balaban J connectivity index is 1.91. The summed E-state index contributed by atoms with van der Waals surface area (Å²) >= 11 is 0. The molecule has 1 aliphatic heterocycles. The summed E-state index contributed by atoms with van der Waals surface area (Å²) in [5.41, 5.74) is 0. The monoisotopic (exact) mass is 292 g/mol. The Bertz CT molecular complexity index is 293. The van der Waals surface area contributed by atoms with Gasteiger partial charge in [-0.05, 0) is 25.9 Å². The average molecular weight is 292 g/mol. The van der Waals surface area contributed by atoms with E-state index in [0.717, 1.165) is 52.0 Å². The minimum Gasteiger partial charge on any atom is -0.309 e. The van der Waals surface area contributed by atoms with Crippen molar-refractivity contribution in [2.75, 3.05) is 52.4 Å². The molecule has 0 aromatic rings. The Labute approximate surface area is 118 Å². The van der Waals surface area contributed by atoms with Crippen LogP contribution >= 0.6 is 0 Å². The molecule has 7 heteroatoms. The van der Waals surface area contributed by atoms with Gasteiger partial charge < -0.3 is 10.2 Å². The summed E-state index contributed by atoms with van der Waals surface area (Å²) in [5, 5.41) is 11.0. The molecule has 0 saturated carbocycles. The van der Waals surface area contributed by atoms with E-state index >= 15 is 0 Å². The van der Waals surface area contributed by atoms with Crippen LogP contribution in [-0.2, 0) is 0 Å². The Morgan fingerprint density at radius 3 is 2.25 bits per heavy atom. The molecule has 0 unspecified atom stereocenters. The second-order valence-electron chi connectivity index (χ2n) is 5.13. The minimum absolute atomic E-state index is 0.426. The fraction of sp³-hybridized carbons (Fsp3) is 0.923. The number of nitrogens with zero attached hydrogens (tertiary/aromatic N) is 3. The fourth-order valence-electron chi connectivity index (χ4n) is 2.26. The Morgan fingerprint density at radius 1 is 1.00 bits per heavy atom. The first kappa shape index (κ1) is 17.2. The van der Waals surface area contributed by atoms with E-state index in [4.69, 9.17) is 5.26 Å². The Kier molecular flexibility index (Phi) is 7.88. The van der Waals surface area contributed by atoms with Crippen LogP contribution in [0.4, 0.5) is 13.2 Å². The van der Waals surface area contributed by atoms with Crippen LogP contribution < -0.4 is 5.32 Å². The maximum Gasteiger partial charge on any atom is 0.401 e. The molecule has 1 fully saturated rings. The van der Waals surface area contributed by atoms with Gasteiger partial charge in [0, 0.05) is 26.2 Å². The molecule has 0 atom stereocenters. The smallest absolute Gasteiger partial charge is 0.309 e. The number of alkyl halides is 3. The molecular formula is C13H23F3N4. The van der Waals surface area contributed by atoms with Gasteiger partial charge in [-0.2, -0.15) is 18.4 Å². The van der Waals surface area contributed by atoms with Crippen molar-refractivity contribution in [1.29, 1.82) is 5.26 Å². The van der Waals surface area contributed by atoms with Crippen LogP contribution in [0, 0.1) is 11.3 Å². The predicted octanol–water partition coefficient (Wildman–Crippen LogP) is 1.45. The lowest BCUT2D eigenvalue weighted by atomic mass is 10.2. The van der Waals surface area contributed by atoms with Gasteiger partial charge in [-0.15, -0.1) is 0 Å². The van der Waals surface area contributed by atoms with Crippen LogP contribution in [0.5, 0.6) is 0 Å². The number of hydrogen-bond acceptors (Lipinski definition) is 4. The number of hydrogen-bond donors (Lipinski definition) is 1. The van der Waals surface area contributed by atoms with Crippen LogP contribution in [0.3, 0.4) is 0 Å². The second-order valence-corrected chi connectivity index (χ2v) is 5.13. The highest BCUT2D eigenvalue weighted by molar-refractivity contribution is 4.80. The second kappa shape index (κ2) is 9.16. The largest absolute Gasteiger partial charge is 0.401 e. The first-order chi connectivity index (χ1) is 9.51. The first-order valence-corrected chi connectivity index (χ1v) is 7.10. The molecule has 1 saturated heterocycles. The molecule has 0 aromatic carbocycles. The predicted molar refractivity (Wildman–Crippen MR) is 71.3 cm³/mol. The SMILES string of the molecule is N#CCN1CCN(CCCCCNCC(F)(F)F)CC1. The van der Waals surface area contributed by atoms with Crippen LogP contribution in [0.2, 0.25) is 0 Å². The lowest BCUT2D eigenvalue weighted by Crippen LogP contribution is -2.46. The summed E-state index contributed by atoms with van der Waals surface area (Å²) in [6.45, 7) is 4.85. The van der Waals surface area contributed by atoms with Gasteiger partial charge in [0.15, 0.2) is 0 Å². The topological polar surface area (TPSA) is 42.3 Å². The number of piperazine rings is 1. The quantitative estimate of drug-likeness (QED) is 0.543. The molecule has 1 aliphatic rings. The lowest BCUT2D eigenvalue weighted by molar-refractivity contribution is -0.124. The molecule has 0 bridgehead atoms. The summed E-state index contributed by atoms with van der Waals surface area (Å²) in [4.78, 5) is 4.49. The Morgan fingerprint density at radius 2 is 1.65 bits per heavy atom. The standard InChI is InChI=1S/C13H23F3N4/c14-13(15,16)12-18-5-2-1-3-6-19-8-10-20(7-4-17)11-9-19/h18H,1-3,5-12H2. The third-order valence-electron chi connectivity index (χ3n) is 3.41. The van der Waals surface area contributed by atoms with E-state index in [1.165, 1.54) is 0 Å². The van der Waals surface area contributed by atoms with Crippen molar-refractivity contribution < 1.29 is 13.2 Å². The van der Waals surface area contributed by atoms with Crippen molar-refractivity contribution in [2.24, 2.45) is 0 Å². The van der Waals surface area contributed by atoms with Crippen molar-refractivity contribution in [1.82, 2.24) is 15.1 Å². The van der Waals surface area contributed by atoms with Crippen molar-refractivity contribution in [3.63, 3.8) is 0 Å². The van der Waals surface area contributed by atoms with Gasteiger partial charge in [0.05, 0.1) is 19.2 Å². The molecule has 20 heavy (non-hydrogen) atoms. The number of halogens is 3. The number of rotatable bonds is 8. The molecule has 1 rings (SSSR count). The molecule has 0 aliphatic carbocycles. The third kappa shape index (κ3) is 8.35. The highest BCUT2D eigenvalue weighted by atomic mass is 19.4. The number of unbranched alkanes of at least 4 members (excludes halogenated alkanes) is 2. The maximum absolute atomic E-state index is 11.9. The van der Waals surface area contributed by atoms with Gasteiger partial charge in [0.25, 0.3) is 0 Å². The van der Waals surface area contributed by atoms with Gasteiger partial charge in [0.2, 0.25) is 0 Å². The normalized spacial score (nSPS) is 18.1. The Hall–Kier alpha value is -0.840. The highest BCUT2D eigenvalue weighted by Crippen LogP contribution is 2.12. The highest BCUT2D eigenvalue weighted by Gasteiger charge is 2.25. The van der Waals surface area contributed by atoms with Gasteiger partial charge >= 0.3 is 6.18 Å². The zero-order valence-electron chi connectivity index (χ0n) is 11.8. The maximum atomic E-state index is 11.9.